The predicted octanol–water partition coefficient (Wildman–Crippen LogP) is -1.09. The van der Waals surface area contributed by atoms with Gasteiger partial charge in [-0.15, -0.1) is 0 Å². The van der Waals surface area contributed by atoms with Crippen LogP contribution in [-0.4, -0.2) is 46.7 Å². The van der Waals surface area contributed by atoms with Gasteiger partial charge in [0.25, 0.3) is 0 Å². The number of ether oxygens (including phenoxy) is 3. The molecule has 17 heavy (non-hydrogen) atoms. The Labute approximate surface area is 96.6 Å². The Bertz CT molecular complexity index is 488. The third-order valence-electron chi connectivity index (χ3n) is 2.99. The number of hydrogen-bond acceptors (Lipinski definition) is 6. The first-order valence-electron chi connectivity index (χ1n) is 5.29. The van der Waals surface area contributed by atoms with E-state index in [9.17, 15) is 4.79 Å². The average molecular weight is 240 g/mol. The van der Waals surface area contributed by atoms with Crippen LogP contribution in [0, 0.1) is 0 Å². The monoisotopic (exact) mass is 240 g/mol. The summed E-state index contributed by atoms with van der Waals surface area (Å²) in [5, 5.41) is 9.05. The molecule has 0 spiro atoms. The van der Waals surface area contributed by atoms with Gasteiger partial charge in [-0.3, -0.25) is 4.57 Å². The van der Waals surface area contributed by atoms with E-state index in [1.807, 2.05) is 0 Å². The summed E-state index contributed by atoms with van der Waals surface area (Å²) in [6.07, 6.45) is 0.401. The van der Waals surface area contributed by atoms with Crippen molar-refractivity contribution in [2.75, 3.05) is 13.7 Å². The summed E-state index contributed by atoms with van der Waals surface area (Å²) in [6, 6.07) is 1.58. The van der Waals surface area contributed by atoms with E-state index in [2.05, 4.69) is 4.98 Å². The third-order valence-corrected chi connectivity index (χ3v) is 2.99. The molecule has 7 heteroatoms. The zero-order valence-corrected chi connectivity index (χ0v) is 9.15. The van der Waals surface area contributed by atoms with Crippen molar-refractivity contribution in [1.29, 1.82) is 0 Å². The first-order valence-corrected chi connectivity index (χ1v) is 5.29. The molecule has 0 bridgehead atoms. The fourth-order valence-corrected chi connectivity index (χ4v) is 2.07. The molecule has 1 aromatic rings. The van der Waals surface area contributed by atoms with Crippen molar-refractivity contribution in [2.24, 2.45) is 0 Å². The van der Waals surface area contributed by atoms with E-state index in [-0.39, 0.29) is 30.8 Å². The van der Waals surface area contributed by atoms with Crippen molar-refractivity contribution >= 4 is 0 Å². The second-order valence-corrected chi connectivity index (χ2v) is 3.97. The number of aliphatic hydroxyl groups is 1. The van der Waals surface area contributed by atoms with Crippen LogP contribution in [0.4, 0.5) is 0 Å². The van der Waals surface area contributed by atoms with E-state index >= 15 is 0 Å². The van der Waals surface area contributed by atoms with Crippen LogP contribution >= 0.6 is 0 Å². The van der Waals surface area contributed by atoms with Gasteiger partial charge in [-0.05, 0) is 0 Å². The molecule has 1 N–H and O–H groups in total. The van der Waals surface area contributed by atoms with Gasteiger partial charge < -0.3 is 19.3 Å². The van der Waals surface area contributed by atoms with E-state index in [0.29, 0.717) is 0 Å². The maximum atomic E-state index is 11.7. The smallest absolute Gasteiger partial charge is 0.353 e. The summed E-state index contributed by atoms with van der Waals surface area (Å²) in [4.78, 5) is 15.4. The molecule has 0 saturated carbocycles. The fraction of sp³-hybridized carbons (Fsp3) is 0.600. The lowest BCUT2D eigenvalue weighted by Crippen LogP contribution is -2.30. The number of rotatable bonds is 3. The van der Waals surface area contributed by atoms with E-state index in [1.165, 1.54) is 11.7 Å². The number of hydrogen-bond donors (Lipinski definition) is 1. The molecule has 0 amide bonds. The Balaban J connectivity index is 1.88. The number of fused-ring (bicyclic) bond motifs is 1. The molecule has 3 heterocycles. The lowest BCUT2D eigenvalue weighted by molar-refractivity contribution is -0.0856. The molecule has 3 rings (SSSR count). The van der Waals surface area contributed by atoms with Gasteiger partial charge in [0.2, 0.25) is 5.88 Å². The molecular weight excluding hydrogens is 228 g/mol. The lowest BCUT2D eigenvalue weighted by atomic mass is 10.2. The van der Waals surface area contributed by atoms with Gasteiger partial charge >= 0.3 is 5.69 Å². The largest absolute Gasteiger partial charge is 0.481 e. The number of nitrogens with zero attached hydrogens (tertiary/aromatic N) is 2. The van der Waals surface area contributed by atoms with Crippen LogP contribution in [0.2, 0.25) is 0 Å². The van der Waals surface area contributed by atoms with Crippen LogP contribution in [0.15, 0.2) is 17.1 Å². The van der Waals surface area contributed by atoms with Gasteiger partial charge in [-0.2, -0.15) is 4.98 Å². The molecule has 92 valence electrons. The Kier molecular flexibility index (Phi) is 2.39. The van der Waals surface area contributed by atoms with Gasteiger partial charge in [-0.1, -0.05) is 0 Å². The Morgan fingerprint density at radius 2 is 2.35 bits per heavy atom. The van der Waals surface area contributed by atoms with Crippen molar-refractivity contribution in [3.8, 4) is 5.88 Å². The van der Waals surface area contributed by atoms with Gasteiger partial charge in [0.05, 0.1) is 13.7 Å². The number of epoxide rings is 1. The van der Waals surface area contributed by atoms with Crippen molar-refractivity contribution in [3.63, 3.8) is 0 Å². The first kappa shape index (κ1) is 10.7. The summed E-state index contributed by atoms with van der Waals surface area (Å²) in [6.45, 7) is -0.115. The Hall–Kier alpha value is -1.44. The lowest BCUT2D eigenvalue weighted by Gasteiger charge is -2.17. The molecular formula is C10H12N2O5. The Morgan fingerprint density at radius 3 is 2.94 bits per heavy atom. The van der Waals surface area contributed by atoms with E-state index in [4.69, 9.17) is 19.3 Å². The molecule has 1 aromatic heterocycles. The van der Waals surface area contributed by atoms with E-state index in [0.717, 1.165) is 0 Å². The highest BCUT2D eigenvalue weighted by molar-refractivity contribution is 5.08. The van der Waals surface area contributed by atoms with Crippen molar-refractivity contribution in [3.05, 3.63) is 22.7 Å². The van der Waals surface area contributed by atoms with Gasteiger partial charge in [0.15, 0.2) is 6.23 Å². The minimum atomic E-state index is -0.511. The molecule has 2 saturated heterocycles. The van der Waals surface area contributed by atoms with Crippen LogP contribution in [0.3, 0.4) is 0 Å². The fourth-order valence-electron chi connectivity index (χ4n) is 2.07. The van der Waals surface area contributed by atoms with E-state index in [1.54, 1.807) is 12.3 Å². The zero-order chi connectivity index (χ0) is 12.0. The number of aliphatic hydroxyl groups excluding tert-OH is 1. The summed E-state index contributed by atoms with van der Waals surface area (Å²) >= 11 is 0. The quantitative estimate of drug-likeness (QED) is 0.675. The topological polar surface area (TPSA) is 86.1 Å². The second kappa shape index (κ2) is 3.80. The minimum Gasteiger partial charge on any atom is -0.481 e. The average Bonchev–Trinajstić information content (AvgIpc) is 3.05. The highest BCUT2D eigenvalue weighted by Gasteiger charge is 2.58. The van der Waals surface area contributed by atoms with Crippen molar-refractivity contribution < 1.29 is 19.3 Å². The normalized spacial score (nSPS) is 34.5. The van der Waals surface area contributed by atoms with Crippen LogP contribution in [0.25, 0.3) is 0 Å². The zero-order valence-electron chi connectivity index (χ0n) is 9.15. The van der Waals surface area contributed by atoms with E-state index < -0.39 is 11.9 Å². The molecule has 0 unspecified atom stereocenters. The molecule has 4 atom stereocenters. The molecule has 0 radical (unpaired) electrons. The maximum absolute atomic E-state index is 11.7. The van der Waals surface area contributed by atoms with Gasteiger partial charge in [0.1, 0.15) is 18.3 Å². The summed E-state index contributed by atoms with van der Waals surface area (Å²) in [7, 11) is 1.44. The summed E-state index contributed by atoms with van der Waals surface area (Å²) < 4.78 is 17.1. The minimum absolute atomic E-state index is 0.112. The summed E-state index contributed by atoms with van der Waals surface area (Å²) in [5.74, 6) is 0.260. The van der Waals surface area contributed by atoms with Crippen LogP contribution in [-0.2, 0) is 9.47 Å². The SMILES string of the molecule is COc1ccn([C@@H]2O[C@H](CO)[C@@H]3O[C@@H]32)c(=O)n1. The number of aromatic nitrogens is 2. The first-order chi connectivity index (χ1) is 8.24. The van der Waals surface area contributed by atoms with Crippen molar-refractivity contribution in [1.82, 2.24) is 9.55 Å². The Morgan fingerprint density at radius 1 is 1.53 bits per heavy atom. The summed E-state index contributed by atoms with van der Waals surface area (Å²) in [5.41, 5.74) is -0.456. The molecule has 7 nitrogen and oxygen atoms in total. The van der Waals surface area contributed by atoms with Gasteiger partial charge in [0, 0.05) is 12.3 Å². The van der Waals surface area contributed by atoms with Crippen LogP contribution in [0.5, 0.6) is 5.88 Å². The second-order valence-electron chi connectivity index (χ2n) is 3.97. The van der Waals surface area contributed by atoms with Gasteiger partial charge in [-0.25, -0.2) is 4.79 Å². The number of methoxy groups -OCH3 is 1. The maximum Gasteiger partial charge on any atom is 0.353 e. The highest BCUT2D eigenvalue weighted by Crippen LogP contribution is 2.44. The molecule has 2 aliphatic heterocycles. The molecule has 2 aliphatic rings. The standard InChI is InChI=1S/C10H12N2O5/c1-15-6-2-3-12(10(14)11-6)9-8-7(17-8)5(4-13)16-9/h2-3,5,7-9,13H,4H2,1H3/t5-,7+,8+,9-/m1/s1. The molecule has 2 fully saturated rings. The van der Waals surface area contributed by atoms with Crippen LogP contribution < -0.4 is 10.4 Å². The molecule has 0 aliphatic carbocycles. The highest BCUT2D eigenvalue weighted by atomic mass is 16.7. The third kappa shape index (κ3) is 1.63. The molecule has 0 aromatic carbocycles. The van der Waals surface area contributed by atoms with Crippen LogP contribution in [0.1, 0.15) is 6.23 Å². The predicted molar refractivity (Wildman–Crippen MR) is 54.7 cm³/mol. The van der Waals surface area contributed by atoms with Crippen molar-refractivity contribution in [2.45, 2.75) is 24.5 Å².